The maximum Gasteiger partial charge on any atom is 0.253 e. The van der Waals surface area contributed by atoms with Crippen molar-refractivity contribution < 1.29 is 9.90 Å². The van der Waals surface area contributed by atoms with Crippen molar-refractivity contribution in [1.29, 1.82) is 10.5 Å². The molecule has 0 fully saturated rings. The number of carbonyl (C=O) groups excluding carboxylic acids is 1. The lowest BCUT2D eigenvalue weighted by Gasteiger charge is -2.03. The first-order chi connectivity index (χ1) is 7.10. The van der Waals surface area contributed by atoms with Gasteiger partial charge in [-0.15, -0.1) is 0 Å². The molecule has 0 bridgehead atoms. The number of aromatic nitrogens is 1. The summed E-state index contributed by atoms with van der Waals surface area (Å²) >= 11 is 5.67. The molecular formula is C7H4N4O2S2. The minimum atomic E-state index is -0.605. The summed E-state index contributed by atoms with van der Waals surface area (Å²) in [6.07, 6.45) is -0.348. The average molecular weight is 240 g/mol. The van der Waals surface area contributed by atoms with Gasteiger partial charge >= 0.3 is 0 Å². The quantitative estimate of drug-likeness (QED) is 0.746. The zero-order chi connectivity index (χ0) is 11.4. The fraction of sp³-hybridized carbons (Fsp3) is 0.143. The molecule has 0 aliphatic rings. The Morgan fingerprint density at radius 3 is 2.80 bits per heavy atom. The second-order valence-electron chi connectivity index (χ2n) is 2.34. The summed E-state index contributed by atoms with van der Waals surface area (Å²) in [6, 6.07) is 3.37. The molecule has 0 aromatic carbocycles. The summed E-state index contributed by atoms with van der Waals surface area (Å²) in [5.41, 5.74) is 2.19. The number of hydrogen-bond acceptors (Lipinski definition) is 6. The van der Waals surface area contributed by atoms with E-state index in [-0.39, 0.29) is 15.3 Å². The van der Waals surface area contributed by atoms with Gasteiger partial charge in [-0.05, 0) is 12.2 Å². The molecule has 6 nitrogen and oxygen atoms in total. The van der Waals surface area contributed by atoms with Gasteiger partial charge in [0.1, 0.15) is 12.5 Å². The largest absolute Gasteiger partial charge is 0.492 e. The minimum absolute atomic E-state index is 0.0113. The maximum absolute atomic E-state index is 11.0. The maximum atomic E-state index is 11.0. The van der Waals surface area contributed by atoms with Gasteiger partial charge in [0.05, 0.1) is 6.07 Å². The Balaban J connectivity index is 3.03. The second-order valence-corrected chi connectivity index (χ2v) is 3.98. The van der Waals surface area contributed by atoms with E-state index in [9.17, 15) is 9.90 Å². The van der Waals surface area contributed by atoms with Gasteiger partial charge in [0.15, 0.2) is 8.83 Å². The zero-order valence-electron chi connectivity index (χ0n) is 7.22. The lowest BCUT2D eigenvalue weighted by molar-refractivity contribution is -0.116. The molecule has 0 saturated heterocycles. The van der Waals surface area contributed by atoms with Crippen LogP contribution in [0.3, 0.4) is 0 Å². The van der Waals surface area contributed by atoms with E-state index in [1.807, 2.05) is 0 Å². The lowest BCUT2D eigenvalue weighted by atomic mass is 10.5. The van der Waals surface area contributed by atoms with Crippen molar-refractivity contribution in [3.8, 4) is 18.0 Å². The number of carbonyl (C=O) groups is 1. The van der Waals surface area contributed by atoms with Gasteiger partial charge in [-0.25, -0.2) is 0 Å². The van der Waals surface area contributed by atoms with E-state index in [2.05, 4.69) is 5.43 Å². The van der Waals surface area contributed by atoms with E-state index in [0.717, 1.165) is 16.0 Å². The van der Waals surface area contributed by atoms with Crippen LogP contribution in [-0.4, -0.2) is 15.7 Å². The first kappa shape index (κ1) is 11.2. The molecule has 15 heavy (non-hydrogen) atoms. The second kappa shape index (κ2) is 4.55. The standard InChI is InChI=1S/C7H4N4O2S2/c8-2-1-5(12)10-11-6(13)4(3-9)15-7(11)14/h13H,1H2,(H,10,12). The third-order valence-corrected chi connectivity index (χ3v) is 2.63. The fourth-order valence-electron chi connectivity index (χ4n) is 0.774. The molecule has 1 rings (SSSR count). The summed E-state index contributed by atoms with van der Waals surface area (Å²) in [7, 11) is 0. The average Bonchev–Trinajstić information content (AvgIpc) is 2.45. The van der Waals surface area contributed by atoms with Crippen LogP contribution in [0, 0.1) is 26.6 Å². The molecule has 1 aromatic rings. The van der Waals surface area contributed by atoms with Crippen molar-refractivity contribution in [2.24, 2.45) is 0 Å². The number of rotatable bonds is 2. The van der Waals surface area contributed by atoms with Gasteiger partial charge in [-0.3, -0.25) is 10.2 Å². The third-order valence-electron chi connectivity index (χ3n) is 1.36. The fourth-order valence-corrected chi connectivity index (χ4v) is 1.78. The van der Waals surface area contributed by atoms with E-state index in [1.54, 1.807) is 12.1 Å². The summed E-state index contributed by atoms with van der Waals surface area (Å²) in [5.74, 6) is -1.02. The highest BCUT2D eigenvalue weighted by Crippen LogP contribution is 2.23. The molecule has 0 radical (unpaired) electrons. The van der Waals surface area contributed by atoms with Crippen LogP contribution in [0.25, 0.3) is 0 Å². The van der Waals surface area contributed by atoms with Gasteiger partial charge in [0.25, 0.3) is 5.91 Å². The smallest absolute Gasteiger partial charge is 0.253 e. The van der Waals surface area contributed by atoms with Gasteiger partial charge in [-0.2, -0.15) is 15.2 Å². The van der Waals surface area contributed by atoms with Crippen LogP contribution in [0.15, 0.2) is 0 Å². The van der Waals surface area contributed by atoms with Crippen molar-refractivity contribution in [1.82, 2.24) is 4.68 Å². The molecule has 0 atom stereocenters. The number of nitriles is 2. The Kier molecular flexibility index (Phi) is 3.39. The molecule has 0 aliphatic carbocycles. The predicted molar refractivity (Wildman–Crippen MR) is 54.1 cm³/mol. The topological polar surface area (TPSA) is 102 Å². The predicted octanol–water partition coefficient (Wildman–Crippen LogP) is 0.840. The Morgan fingerprint density at radius 2 is 2.33 bits per heavy atom. The molecular weight excluding hydrogens is 236 g/mol. The first-order valence-electron chi connectivity index (χ1n) is 3.62. The highest BCUT2D eigenvalue weighted by atomic mass is 32.1. The van der Waals surface area contributed by atoms with E-state index in [0.29, 0.717) is 0 Å². The van der Waals surface area contributed by atoms with Gasteiger partial charge in [0, 0.05) is 0 Å². The SMILES string of the molecule is N#CCC(=O)Nn1c(O)c(C#N)sc1=S. The number of nitrogens with one attached hydrogen (secondary N) is 1. The summed E-state index contributed by atoms with van der Waals surface area (Å²) in [4.78, 5) is 11.0. The highest BCUT2D eigenvalue weighted by Gasteiger charge is 2.13. The van der Waals surface area contributed by atoms with Crippen molar-refractivity contribution >= 4 is 29.5 Å². The number of nitrogens with zero attached hydrogens (tertiary/aromatic N) is 3. The Morgan fingerprint density at radius 1 is 1.67 bits per heavy atom. The van der Waals surface area contributed by atoms with Crippen molar-refractivity contribution in [3.63, 3.8) is 0 Å². The third kappa shape index (κ3) is 2.31. The van der Waals surface area contributed by atoms with Crippen LogP contribution in [-0.2, 0) is 4.79 Å². The van der Waals surface area contributed by atoms with Crippen molar-refractivity contribution in [2.45, 2.75) is 6.42 Å². The number of aromatic hydroxyl groups is 1. The molecule has 0 saturated carbocycles. The molecule has 0 spiro atoms. The van der Waals surface area contributed by atoms with Crippen LogP contribution >= 0.6 is 23.6 Å². The lowest BCUT2D eigenvalue weighted by Crippen LogP contribution is -2.21. The number of thiazole rings is 1. The molecule has 8 heteroatoms. The number of amides is 1. The molecule has 0 unspecified atom stereocenters. The zero-order valence-corrected chi connectivity index (χ0v) is 8.85. The van der Waals surface area contributed by atoms with Crippen molar-refractivity contribution in [2.75, 3.05) is 5.43 Å². The Labute approximate surface area is 93.6 Å². The van der Waals surface area contributed by atoms with Crippen LogP contribution in [0.2, 0.25) is 0 Å². The first-order valence-corrected chi connectivity index (χ1v) is 4.84. The molecule has 1 heterocycles. The van der Waals surface area contributed by atoms with E-state index < -0.39 is 11.8 Å². The Bertz CT molecular complexity index is 531. The van der Waals surface area contributed by atoms with Gasteiger partial charge in [-0.1, -0.05) is 11.3 Å². The molecule has 76 valence electrons. The van der Waals surface area contributed by atoms with Gasteiger partial charge in [0.2, 0.25) is 5.88 Å². The molecule has 2 N–H and O–H groups in total. The van der Waals surface area contributed by atoms with E-state index in [4.69, 9.17) is 22.7 Å². The van der Waals surface area contributed by atoms with Crippen LogP contribution in [0.4, 0.5) is 0 Å². The van der Waals surface area contributed by atoms with Crippen LogP contribution in [0.5, 0.6) is 5.88 Å². The van der Waals surface area contributed by atoms with Crippen LogP contribution in [0.1, 0.15) is 11.3 Å². The van der Waals surface area contributed by atoms with E-state index >= 15 is 0 Å². The number of hydrogen-bond donors (Lipinski definition) is 2. The van der Waals surface area contributed by atoms with Crippen molar-refractivity contribution in [3.05, 3.63) is 8.83 Å². The van der Waals surface area contributed by atoms with E-state index in [1.165, 1.54) is 0 Å². The van der Waals surface area contributed by atoms with Crippen LogP contribution < -0.4 is 5.43 Å². The summed E-state index contributed by atoms with van der Waals surface area (Å²) in [5, 5.41) is 26.2. The summed E-state index contributed by atoms with van der Waals surface area (Å²) < 4.78 is 1.04. The molecule has 0 aliphatic heterocycles. The highest BCUT2D eigenvalue weighted by molar-refractivity contribution is 7.73. The molecule has 1 aromatic heterocycles. The monoisotopic (exact) mass is 240 g/mol. The Hall–Kier alpha value is -1.90. The minimum Gasteiger partial charge on any atom is -0.492 e. The normalized spacial score (nSPS) is 8.93. The van der Waals surface area contributed by atoms with Gasteiger partial charge < -0.3 is 5.11 Å². The molecule has 1 amide bonds. The summed E-state index contributed by atoms with van der Waals surface area (Å²) in [6.45, 7) is 0.